The van der Waals surface area contributed by atoms with Crippen LogP contribution in [0.15, 0.2) is 66.0 Å². The predicted molar refractivity (Wildman–Crippen MR) is 106 cm³/mol. The maximum absolute atomic E-state index is 12.3. The molecule has 132 valence electrons. The molecule has 0 atom stereocenters. The van der Waals surface area contributed by atoms with E-state index in [1.54, 1.807) is 30.3 Å². The Kier molecular flexibility index (Phi) is 5.81. The van der Waals surface area contributed by atoms with Crippen molar-refractivity contribution in [3.05, 3.63) is 87.6 Å². The molecule has 1 heterocycles. The number of hydrogen-bond acceptors (Lipinski definition) is 3. The van der Waals surface area contributed by atoms with Gasteiger partial charge in [-0.1, -0.05) is 42.0 Å². The van der Waals surface area contributed by atoms with Crippen LogP contribution >= 0.6 is 11.3 Å². The Morgan fingerprint density at radius 3 is 2.58 bits per heavy atom. The monoisotopic (exact) mass is 364 g/mol. The molecule has 3 aromatic rings. The third-order valence-electron chi connectivity index (χ3n) is 3.91. The molecule has 5 heteroatoms. The average Bonchev–Trinajstić information content (AvgIpc) is 3.17. The van der Waals surface area contributed by atoms with Gasteiger partial charge in [0.1, 0.15) is 0 Å². The van der Waals surface area contributed by atoms with E-state index in [2.05, 4.69) is 35.8 Å². The molecule has 2 aromatic carbocycles. The molecule has 0 saturated carbocycles. The predicted octanol–water partition coefficient (Wildman–Crippen LogP) is 4.28. The molecule has 0 aliphatic rings. The van der Waals surface area contributed by atoms with Crippen molar-refractivity contribution < 1.29 is 9.59 Å². The highest BCUT2D eigenvalue weighted by atomic mass is 32.1. The third kappa shape index (κ3) is 4.80. The van der Waals surface area contributed by atoms with Gasteiger partial charge >= 0.3 is 0 Å². The van der Waals surface area contributed by atoms with Crippen molar-refractivity contribution in [3.63, 3.8) is 0 Å². The van der Waals surface area contributed by atoms with Crippen LogP contribution in [0.25, 0.3) is 0 Å². The largest absolute Gasteiger partial charge is 0.352 e. The van der Waals surface area contributed by atoms with Gasteiger partial charge < -0.3 is 10.6 Å². The number of anilines is 1. The van der Waals surface area contributed by atoms with Gasteiger partial charge in [-0.2, -0.15) is 0 Å². The van der Waals surface area contributed by atoms with E-state index in [4.69, 9.17) is 0 Å². The summed E-state index contributed by atoms with van der Waals surface area (Å²) in [5, 5.41) is 7.60. The van der Waals surface area contributed by atoms with Crippen LogP contribution in [0.3, 0.4) is 0 Å². The van der Waals surface area contributed by atoms with Gasteiger partial charge in [0.05, 0.1) is 4.88 Å². The van der Waals surface area contributed by atoms with Gasteiger partial charge in [-0.05, 0) is 48.6 Å². The number of carbonyl (C=O) groups excluding carboxylic acids is 2. The quantitative estimate of drug-likeness (QED) is 0.686. The molecule has 0 radical (unpaired) electrons. The second-order valence-corrected chi connectivity index (χ2v) is 6.95. The van der Waals surface area contributed by atoms with Crippen molar-refractivity contribution >= 4 is 28.8 Å². The smallest absolute Gasteiger partial charge is 0.265 e. The molecule has 0 fully saturated rings. The Balaban J connectivity index is 1.56. The van der Waals surface area contributed by atoms with Gasteiger partial charge in [0.15, 0.2) is 0 Å². The fourth-order valence-electron chi connectivity index (χ4n) is 2.63. The second-order valence-electron chi connectivity index (χ2n) is 6.01. The van der Waals surface area contributed by atoms with Crippen LogP contribution in [0, 0.1) is 6.92 Å². The Labute approximate surface area is 156 Å². The van der Waals surface area contributed by atoms with Crippen LogP contribution in [-0.2, 0) is 6.42 Å². The van der Waals surface area contributed by atoms with Crippen LogP contribution in [0.1, 0.15) is 31.2 Å². The molecule has 0 unspecified atom stereocenters. The third-order valence-corrected chi connectivity index (χ3v) is 4.78. The summed E-state index contributed by atoms with van der Waals surface area (Å²) in [7, 11) is 0. The molecule has 0 saturated heterocycles. The van der Waals surface area contributed by atoms with Crippen molar-refractivity contribution in [1.82, 2.24) is 5.32 Å². The first kappa shape index (κ1) is 17.9. The summed E-state index contributed by atoms with van der Waals surface area (Å²) in [6.45, 7) is 2.62. The van der Waals surface area contributed by atoms with E-state index in [9.17, 15) is 9.59 Å². The zero-order valence-electron chi connectivity index (χ0n) is 14.5. The first-order chi connectivity index (χ1) is 12.6. The molecule has 3 rings (SSSR count). The highest BCUT2D eigenvalue weighted by molar-refractivity contribution is 7.12. The molecule has 4 nitrogen and oxygen atoms in total. The lowest BCUT2D eigenvalue weighted by Crippen LogP contribution is -2.25. The number of hydrogen-bond donors (Lipinski definition) is 2. The van der Waals surface area contributed by atoms with Gasteiger partial charge in [-0.15, -0.1) is 11.3 Å². The molecule has 26 heavy (non-hydrogen) atoms. The molecule has 1 aromatic heterocycles. The fourth-order valence-corrected chi connectivity index (χ4v) is 3.25. The standard InChI is InChI=1S/C21H20N2O2S/c1-15-5-2-6-16(13-15)10-11-22-20(24)17-7-3-8-18(14-17)23-21(25)19-9-4-12-26-19/h2-9,12-14H,10-11H2,1H3,(H,22,24)(H,23,25). The van der Waals surface area contributed by atoms with Crippen LogP contribution < -0.4 is 10.6 Å². The van der Waals surface area contributed by atoms with Crippen LogP contribution in [0.5, 0.6) is 0 Å². The maximum atomic E-state index is 12.3. The van der Waals surface area contributed by atoms with Gasteiger partial charge in [0.2, 0.25) is 0 Å². The second kappa shape index (κ2) is 8.45. The number of amides is 2. The van der Waals surface area contributed by atoms with E-state index >= 15 is 0 Å². The summed E-state index contributed by atoms with van der Waals surface area (Å²) in [4.78, 5) is 25.1. The summed E-state index contributed by atoms with van der Waals surface area (Å²) in [6.07, 6.45) is 0.780. The molecule has 2 amide bonds. The molecule has 0 bridgehead atoms. The highest BCUT2D eigenvalue weighted by Gasteiger charge is 2.09. The number of carbonyl (C=O) groups is 2. The SMILES string of the molecule is Cc1cccc(CCNC(=O)c2cccc(NC(=O)c3cccs3)c2)c1. The van der Waals surface area contributed by atoms with Crippen molar-refractivity contribution in [2.24, 2.45) is 0 Å². The average molecular weight is 364 g/mol. The van der Waals surface area contributed by atoms with Gasteiger partial charge in [0.25, 0.3) is 11.8 Å². The number of benzene rings is 2. The minimum Gasteiger partial charge on any atom is -0.352 e. The van der Waals surface area contributed by atoms with Crippen LogP contribution in [0.4, 0.5) is 5.69 Å². The lowest BCUT2D eigenvalue weighted by molar-refractivity contribution is 0.0952. The minimum absolute atomic E-state index is 0.148. The first-order valence-corrected chi connectivity index (χ1v) is 9.28. The summed E-state index contributed by atoms with van der Waals surface area (Å²) >= 11 is 1.38. The minimum atomic E-state index is -0.169. The Hall–Kier alpha value is -2.92. The number of aryl methyl sites for hydroxylation is 1. The Bertz CT molecular complexity index is 904. The zero-order chi connectivity index (χ0) is 18.4. The maximum Gasteiger partial charge on any atom is 0.265 e. The van der Waals surface area contributed by atoms with E-state index in [0.29, 0.717) is 22.7 Å². The molecular weight excluding hydrogens is 344 g/mol. The fraction of sp³-hybridized carbons (Fsp3) is 0.143. The van der Waals surface area contributed by atoms with Gasteiger partial charge in [-0.3, -0.25) is 9.59 Å². The summed E-state index contributed by atoms with van der Waals surface area (Å²) in [6, 6.07) is 18.8. The van der Waals surface area contributed by atoms with Crippen LogP contribution in [0.2, 0.25) is 0 Å². The van der Waals surface area contributed by atoms with E-state index < -0.39 is 0 Å². The zero-order valence-corrected chi connectivity index (χ0v) is 15.3. The molecule has 0 aliphatic heterocycles. The van der Waals surface area contributed by atoms with Gasteiger partial charge in [0, 0.05) is 17.8 Å². The van der Waals surface area contributed by atoms with Crippen LogP contribution in [-0.4, -0.2) is 18.4 Å². The summed E-state index contributed by atoms with van der Waals surface area (Å²) in [5.74, 6) is -0.318. The number of nitrogens with one attached hydrogen (secondary N) is 2. The lowest BCUT2D eigenvalue weighted by Gasteiger charge is -2.08. The highest BCUT2D eigenvalue weighted by Crippen LogP contribution is 2.15. The molecule has 0 spiro atoms. The summed E-state index contributed by atoms with van der Waals surface area (Å²) in [5.41, 5.74) is 3.54. The molecular formula is C21H20N2O2S. The normalized spacial score (nSPS) is 10.3. The van der Waals surface area contributed by atoms with E-state index in [1.165, 1.54) is 22.5 Å². The first-order valence-electron chi connectivity index (χ1n) is 8.40. The Morgan fingerprint density at radius 2 is 1.81 bits per heavy atom. The lowest BCUT2D eigenvalue weighted by atomic mass is 10.1. The number of rotatable bonds is 6. The molecule has 0 aliphatic carbocycles. The van der Waals surface area contributed by atoms with Gasteiger partial charge in [-0.25, -0.2) is 0 Å². The van der Waals surface area contributed by atoms with Crippen molar-refractivity contribution in [1.29, 1.82) is 0 Å². The summed E-state index contributed by atoms with van der Waals surface area (Å²) < 4.78 is 0. The topological polar surface area (TPSA) is 58.2 Å². The van der Waals surface area contributed by atoms with E-state index in [0.717, 1.165) is 6.42 Å². The Morgan fingerprint density at radius 1 is 0.962 bits per heavy atom. The molecule has 2 N–H and O–H groups in total. The van der Waals surface area contributed by atoms with E-state index in [-0.39, 0.29) is 11.8 Å². The van der Waals surface area contributed by atoms with Crippen molar-refractivity contribution in [2.75, 3.05) is 11.9 Å². The van der Waals surface area contributed by atoms with E-state index in [1.807, 2.05) is 17.5 Å². The van der Waals surface area contributed by atoms with Crippen molar-refractivity contribution in [3.8, 4) is 0 Å². The number of thiophene rings is 1. The van der Waals surface area contributed by atoms with Crippen molar-refractivity contribution in [2.45, 2.75) is 13.3 Å².